The Bertz CT molecular complexity index is 1080. The van der Waals surface area contributed by atoms with Crippen LogP contribution in [-0.4, -0.2) is 53.6 Å². The highest BCUT2D eigenvalue weighted by molar-refractivity contribution is 6.32. The number of amides is 1. The topological polar surface area (TPSA) is 67.8 Å². The average molecular weight is 439 g/mol. The molecule has 0 N–H and O–H groups in total. The molecule has 160 valence electrons. The third kappa shape index (κ3) is 4.56. The van der Waals surface area contributed by atoms with Gasteiger partial charge in [-0.15, -0.1) is 0 Å². The molecule has 1 atom stereocenters. The van der Waals surface area contributed by atoms with E-state index in [4.69, 9.17) is 21.1 Å². The summed E-state index contributed by atoms with van der Waals surface area (Å²) in [6, 6.07) is 16.3. The fourth-order valence-corrected chi connectivity index (χ4v) is 3.82. The maximum absolute atomic E-state index is 13.1. The Kier molecular flexibility index (Phi) is 6.23. The van der Waals surface area contributed by atoms with E-state index in [0.717, 1.165) is 5.82 Å². The first kappa shape index (κ1) is 20.9. The maximum atomic E-state index is 13.1. The first-order chi connectivity index (χ1) is 15.1. The average Bonchev–Trinajstić information content (AvgIpc) is 2.80. The molecule has 2 heterocycles. The molecule has 1 aliphatic rings. The SMILES string of the molecule is COc1ccccc1C(=O)N1CCN(c2cc(Oc3ccccc3Cl)ncn2)CC1C. The normalized spacial score (nSPS) is 16.2. The predicted molar refractivity (Wildman–Crippen MR) is 119 cm³/mol. The minimum atomic E-state index is -0.0324. The summed E-state index contributed by atoms with van der Waals surface area (Å²) >= 11 is 6.17. The Hall–Kier alpha value is -3.32. The monoisotopic (exact) mass is 438 g/mol. The van der Waals surface area contributed by atoms with E-state index >= 15 is 0 Å². The summed E-state index contributed by atoms with van der Waals surface area (Å²) < 4.78 is 11.2. The van der Waals surface area contributed by atoms with E-state index in [2.05, 4.69) is 14.9 Å². The highest BCUT2D eigenvalue weighted by Gasteiger charge is 2.30. The molecule has 3 aromatic rings. The van der Waals surface area contributed by atoms with Gasteiger partial charge in [-0.3, -0.25) is 4.79 Å². The smallest absolute Gasteiger partial charge is 0.257 e. The number of nitrogens with zero attached hydrogens (tertiary/aromatic N) is 4. The molecule has 1 unspecified atom stereocenters. The molecule has 4 rings (SSSR count). The highest BCUT2D eigenvalue weighted by atomic mass is 35.5. The number of methoxy groups -OCH3 is 1. The summed E-state index contributed by atoms with van der Waals surface area (Å²) in [7, 11) is 1.57. The Morgan fingerprint density at radius 2 is 1.81 bits per heavy atom. The van der Waals surface area contributed by atoms with Crippen molar-refractivity contribution in [1.82, 2.24) is 14.9 Å². The standard InChI is InChI=1S/C23H23ClN4O3/c1-16-14-27(11-12-28(16)23(29)17-7-3-5-9-19(17)30-2)21-13-22(26-15-25-21)31-20-10-6-4-8-18(20)24/h3-10,13,15-16H,11-12,14H2,1-2H3. The van der Waals surface area contributed by atoms with Gasteiger partial charge in [0.25, 0.3) is 5.91 Å². The summed E-state index contributed by atoms with van der Waals surface area (Å²) in [6.45, 7) is 3.89. The lowest BCUT2D eigenvalue weighted by molar-refractivity contribution is 0.0670. The molecule has 0 saturated carbocycles. The van der Waals surface area contributed by atoms with Crippen LogP contribution >= 0.6 is 11.6 Å². The van der Waals surface area contributed by atoms with Crippen molar-refractivity contribution in [1.29, 1.82) is 0 Å². The van der Waals surface area contributed by atoms with Gasteiger partial charge in [-0.05, 0) is 31.2 Å². The minimum Gasteiger partial charge on any atom is -0.496 e. The number of halogens is 1. The zero-order valence-corrected chi connectivity index (χ0v) is 18.1. The number of piperazine rings is 1. The van der Waals surface area contributed by atoms with Gasteiger partial charge in [-0.25, -0.2) is 9.97 Å². The second-order valence-corrected chi connectivity index (χ2v) is 7.65. The van der Waals surface area contributed by atoms with Gasteiger partial charge in [0, 0.05) is 31.7 Å². The third-order valence-electron chi connectivity index (χ3n) is 5.23. The summed E-state index contributed by atoms with van der Waals surface area (Å²) in [5.41, 5.74) is 0.572. The van der Waals surface area contributed by atoms with Crippen molar-refractivity contribution in [2.24, 2.45) is 0 Å². The van der Waals surface area contributed by atoms with E-state index in [1.807, 2.05) is 36.1 Å². The van der Waals surface area contributed by atoms with Crippen molar-refractivity contribution in [3.8, 4) is 17.4 Å². The van der Waals surface area contributed by atoms with Crippen molar-refractivity contribution >= 4 is 23.3 Å². The van der Waals surface area contributed by atoms with Gasteiger partial charge in [0.05, 0.1) is 17.7 Å². The van der Waals surface area contributed by atoms with Crippen LogP contribution in [0.25, 0.3) is 0 Å². The fraction of sp³-hybridized carbons (Fsp3) is 0.261. The van der Waals surface area contributed by atoms with Gasteiger partial charge in [0.2, 0.25) is 5.88 Å². The second-order valence-electron chi connectivity index (χ2n) is 7.24. The number of carbonyl (C=O) groups is 1. The molecule has 2 aromatic carbocycles. The summed E-state index contributed by atoms with van der Waals surface area (Å²) in [5, 5.41) is 0.514. The highest BCUT2D eigenvalue weighted by Crippen LogP contribution is 2.29. The van der Waals surface area contributed by atoms with Crippen LogP contribution in [0.1, 0.15) is 17.3 Å². The lowest BCUT2D eigenvalue weighted by atomic mass is 10.1. The minimum absolute atomic E-state index is 0.00550. The molecule has 1 saturated heterocycles. The lowest BCUT2D eigenvalue weighted by Crippen LogP contribution is -2.54. The van der Waals surface area contributed by atoms with Crippen molar-refractivity contribution in [2.75, 3.05) is 31.6 Å². The number of anilines is 1. The Labute approximate surface area is 186 Å². The van der Waals surface area contributed by atoms with Crippen LogP contribution in [0.2, 0.25) is 5.02 Å². The first-order valence-corrected chi connectivity index (χ1v) is 10.4. The summed E-state index contributed by atoms with van der Waals surface area (Å²) in [6.07, 6.45) is 1.47. The molecule has 0 radical (unpaired) electrons. The van der Waals surface area contributed by atoms with Crippen molar-refractivity contribution in [2.45, 2.75) is 13.0 Å². The van der Waals surface area contributed by atoms with Gasteiger partial charge >= 0.3 is 0 Å². The second kappa shape index (κ2) is 9.22. The van der Waals surface area contributed by atoms with E-state index in [1.54, 1.807) is 37.4 Å². The molecule has 8 heteroatoms. The lowest BCUT2D eigenvalue weighted by Gasteiger charge is -2.40. The van der Waals surface area contributed by atoms with Crippen LogP contribution in [0.4, 0.5) is 5.82 Å². The van der Waals surface area contributed by atoms with Gasteiger partial charge in [-0.2, -0.15) is 0 Å². The molecule has 0 spiro atoms. The molecule has 1 amide bonds. The molecular formula is C23H23ClN4O3. The maximum Gasteiger partial charge on any atom is 0.257 e. The van der Waals surface area contributed by atoms with Crippen LogP contribution in [0.5, 0.6) is 17.4 Å². The van der Waals surface area contributed by atoms with E-state index in [9.17, 15) is 4.79 Å². The number of aromatic nitrogens is 2. The summed E-state index contributed by atoms with van der Waals surface area (Å²) in [4.78, 5) is 25.7. The van der Waals surface area contributed by atoms with Crippen LogP contribution in [0, 0.1) is 0 Å². The molecule has 1 aromatic heterocycles. The number of carbonyl (C=O) groups excluding carboxylic acids is 1. The molecule has 0 bridgehead atoms. The number of hydrogen-bond donors (Lipinski definition) is 0. The van der Waals surface area contributed by atoms with Gasteiger partial charge < -0.3 is 19.3 Å². The largest absolute Gasteiger partial charge is 0.496 e. The van der Waals surface area contributed by atoms with Gasteiger partial charge in [-0.1, -0.05) is 35.9 Å². The van der Waals surface area contributed by atoms with Crippen LogP contribution < -0.4 is 14.4 Å². The number of para-hydroxylation sites is 2. The third-order valence-corrected chi connectivity index (χ3v) is 5.54. The molecule has 7 nitrogen and oxygen atoms in total. The van der Waals surface area contributed by atoms with Crippen LogP contribution in [0.3, 0.4) is 0 Å². The Morgan fingerprint density at radius 3 is 2.55 bits per heavy atom. The molecule has 0 aliphatic carbocycles. The van der Waals surface area contributed by atoms with Crippen molar-refractivity contribution < 1.29 is 14.3 Å². The Balaban J connectivity index is 1.46. The van der Waals surface area contributed by atoms with Gasteiger partial charge in [0.15, 0.2) is 0 Å². The first-order valence-electron chi connectivity index (χ1n) is 10.00. The van der Waals surface area contributed by atoms with E-state index in [-0.39, 0.29) is 11.9 Å². The van der Waals surface area contributed by atoms with E-state index in [0.29, 0.717) is 47.6 Å². The summed E-state index contributed by atoms with van der Waals surface area (Å²) in [5.74, 6) is 2.25. The Morgan fingerprint density at radius 1 is 1.06 bits per heavy atom. The van der Waals surface area contributed by atoms with Gasteiger partial charge in [0.1, 0.15) is 23.6 Å². The number of hydrogen-bond acceptors (Lipinski definition) is 6. The quantitative estimate of drug-likeness (QED) is 0.592. The predicted octanol–water partition coefficient (Wildman–Crippen LogP) is 4.28. The molecule has 1 aliphatic heterocycles. The van der Waals surface area contributed by atoms with Crippen molar-refractivity contribution in [3.63, 3.8) is 0 Å². The van der Waals surface area contributed by atoms with Crippen molar-refractivity contribution in [3.05, 3.63) is 71.5 Å². The molecular weight excluding hydrogens is 416 g/mol. The van der Waals surface area contributed by atoms with Crippen LogP contribution in [-0.2, 0) is 0 Å². The van der Waals surface area contributed by atoms with Crippen LogP contribution in [0.15, 0.2) is 60.9 Å². The molecule has 1 fully saturated rings. The number of rotatable bonds is 5. The number of benzene rings is 2. The molecule has 31 heavy (non-hydrogen) atoms. The fourth-order valence-electron chi connectivity index (χ4n) is 3.64. The zero-order valence-electron chi connectivity index (χ0n) is 17.4. The van der Waals surface area contributed by atoms with E-state index < -0.39 is 0 Å². The van der Waals surface area contributed by atoms with E-state index in [1.165, 1.54) is 6.33 Å². The number of ether oxygens (including phenoxy) is 2. The zero-order chi connectivity index (χ0) is 21.8.